The predicted octanol–water partition coefficient (Wildman–Crippen LogP) is 6.22. The van der Waals surface area contributed by atoms with Crippen LogP contribution in [0.2, 0.25) is 5.02 Å². The molecule has 3 rings (SSSR count). The number of anilines is 2. The fourth-order valence-corrected chi connectivity index (χ4v) is 3.96. The van der Waals surface area contributed by atoms with Gasteiger partial charge in [-0.3, -0.25) is 0 Å². The molecule has 0 aliphatic carbocycles. The number of benzene rings is 2. The highest BCUT2D eigenvalue weighted by atomic mass is 79.9. The molecule has 0 amide bonds. The number of rotatable bonds is 2. The second-order valence-corrected chi connectivity index (χ2v) is 7.12. The lowest BCUT2D eigenvalue weighted by Crippen LogP contribution is -1.90. The van der Waals surface area contributed by atoms with Crippen LogP contribution in [0, 0.1) is 0 Å². The van der Waals surface area contributed by atoms with E-state index in [-0.39, 0.29) is 0 Å². The quantitative estimate of drug-likeness (QED) is 0.534. The summed E-state index contributed by atoms with van der Waals surface area (Å²) >= 11 is 14.5. The third kappa shape index (κ3) is 2.94. The summed E-state index contributed by atoms with van der Waals surface area (Å²) in [6.45, 7) is 0. The lowest BCUT2D eigenvalue weighted by molar-refractivity contribution is 1.43. The molecule has 0 bridgehead atoms. The summed E-state index contributed by atoms with van der Waals surface area (Å²) < 4.78 is 3.09. The van der Waals surface area contributed by atoms with Crippen molar-refractivity contribution in [3.05, 3.63) is 50.4 Å². The first-order valence-electron chi connectivity index (χ1n) is 5.40. The molecule has 3 aromatic rings. The van der Waals surface area contributed by atoms with Crippen molar-refractivity contribution in [3.63, 3.8) is 0 Å². The largest absolute Gasteiger partial charge is 0.331 e. The van der Waals surface area contributed by atoms with E-state index in [0.29, 0.717) is 0 Å². The number of nitrogens with one attached hydrogen (secondary N) is 1. The molecule has 1 heterocycles. The van der Waals surface area contributed by atoms with Crippen LogP contribution in [0.4, 0.5) is 10.8 Å². The second kappa shape index (κ2) is 5.40. The highest BCUT2D eigenvalue weighted by Gasteiger charge is 2.06. The Balaban J connectivity index is 1.96. The fraction of sp³-hybridized carbons (Fsp3) is 0. The third-order valence-electron chi connectivity index (χ3n) is 2.52. The molecule has 96 valence electrons. The summed E-state index contributed by atoms with van der Waals surface area (Å²) in [5, 5.41) is 4.88. The molecule has 0 saturated heterocycles. The van der Waals surface area contributed by atoms with Gasteiger partial charge in [-0.15, -0.1) is 0 Å². The molecule has 2 aromatic carbocycles. The Bertz CT molecular complexity index is 757. The normalized spacial score (nSPS) is 10.9. The molecule has 0 atom stereocenters. The van der Waals surface area contributed by atoms with Gasteiger partial charge in [0.15, 0.2) is 5.13 Å². The van der Waals surface area contributed by atoms with E-state index in [0.717, 1.165) is 35.0 Å². The maximum Gasteiger partial charge on any atom is 0.188 e. The molecule has 19 heavy (non-hydrogen) atoms. The SMILES string of the molecule is Clc1ccc2nc(Nc3ccc(Br)cc3Br)sc2c1. The van der Waals surface area contributed by atoms with Gasteiger partial charge in [0.1, 0.15) is 0 Å². The van der Waals surface area contributed by atoms with Crippen molar-refractivity contribution in [3.8, 4) is 0 Å². The minimum Gasteiger partial charge on any atom is -0.331 e. The molecule has 0 aliphatic rings. The third-order valence-corrected chi connectivity index (χ3v) is 4.84. The van der Waals surface area contributed by atoms with Gasteiger partial charge in [-0.05, 0) is 52.3 Å². The van der Waals surface area contributed by atoms with Crippen molar-refractivity contribution in [1.82, 2.24) is 4.98 Å². The standard InChI is InChI=1S/C13H7Br2ClN2S/c14-7-1-3-10(9(15)5-7)17-13-18-11-4-2-8(16)6-12(11)19-13/h1-6H,(H,17,18). The van der Waals surface area contributed by atoms with Crippen molar-refractivity contribution in [2.75, 3.05) is 5.32 Å². The van der Waals surface area contributed by atoms with Crippen molar-refractivity contribution in [2.24, 2.45) is 0 Å². The van der Waals surface area contributed by atoms with Crippen LogP contribution in [0.3, 0.4) is 0 Å². The first-order chi connectivity index (χ1) is 9.11. The molecule has 2 nitrogen and oxygen atoms in total. The molecule has 6 heteroatoms. The van der Waals surface area contributed by atoms with Crippen LogP contribution in [0.25, 0.3) is 10.2 Å². The van der Waals surface area contributed by atoms with E-state index in [2.05, 4.69) is 42.2 Å². The Morgan fingerprint density at radius 1 is 1.11 bits per heavy atom. The molecule has 1 N–H and O–H groups in total. The number of hydrogen-bond acceptors (Lipinski definition) is 3. The highest BCUT2D eigenvalue weighted by molar-refractivity contribution is 9.11. The zero-order chi connectivity index (χ0) is 13.4. The summed E-state index contributed by atoms with van der Waals surface area (Å²) in [5.74, 6) is 0. The van der Waals surface area contributed by atoms with Gasteiger partial charge in [-0.25, -0.2) is 4.98 Å². The Labute approximate surface area is 136 Å². The van der Waals surface area contributed by atoms with Crippen LogP contribution in [0.15, 0.2) is 45.3 Å². The van der Waals surface area contributed by atoms with Gasteiger partial charge in [0.25, 0.3) is 0 Å². The molecular weight excluding hydrogens is 411 g/mol. The first kappa shape index (κ1) is 13.4. The smallest absolute Gasteiger partial charge is 0.188 e. The molecule has 0 aliphatic heterocycles. The highest BCUT2D eigenvalue weighted by Crippen LogP contribution is 2.33. The predicted molar refractivity (Wildman–Crippen MR) is 89.8 cm³/mol. The van der Waals surface area contributed by atoms with Crippen LogP contribution in [0.1, 0.15) is 0 Å². The van der Waals surface area contributed by atoms with Crippen molar-refractivity contribution >= 4 is 75.8 Å². The van der Waals surface area contributed by atoms with E-state index in [1.54, 1.807) is 11.3 Å². The zero-order valence-corrected chi connectivity index (χ0v) is 14.2. The maximum atomic E-state index is 5.98. The Morgan fingerprint density at radius 2 is 1.95 bits per heavy atom. The van der Waals surface area contributed by atoms with Gasteiger partial charge in [-0.1, -0.05) is 38.9 Å². The molecule has 0 spiro atoms. The Morgan fingerprint density at radius 3 is 2.74 bits per heavy atom. The van der Waals surface area contributed by atoms with E-state index >= 15 is 0 Å². The number of fused-ring (bicyclic) bond motifs is 1. The second-order valence-electron chi connectivity index (χ2n) is 3.88. The van der Waals surface area contributed by atoms with E-state index in [1.165, 1.54) is 0 Å². The zero-order valence-electron chi connectivity index (χ0n) is 9.45. The average molecular weight is 419 g/mol. The summed E-state index contributed by atoms with van der Waals surface area (Å²) in [4.78, 5) is 4.53. The number of hydrogen-bond donors (Lipinski definition) is 1. The van der Waals surface area contributed by atoms with Gasteiger partial charge in [0, 0.05) is 14.0 Å². The molecule has 0 radical (unpaired) electrons. The van der Waals surface area contributed by atoms with Gasteiger partial charge < -0.3 is 5.32 Å². The number of thiazole rings is 1. The van der Waals surface area contributed by atoms with Crippen LogP contribution in [0.5, 0.6) is 0 Å². The van der Waals surface area contributed by atoms with E-state index in [4.69, 9.17) is 11.6 Å². The lowest BCUT2D eigenvalue weighted by Gasteiger charge is -2.05. The molecule has 0 fully saturated rings. The summed E-state index contributed by atoms with van der Waals surface area (Å²) in [6, 6.07) is 11.7. The van der Waals surface area contributed by atoms with E-state index in [1.807, 2.05) is 36.4 Å². The van der Waals surface area contributed by atoms with Gasteiger partial charge in [0.05, 0.1) is 15.9 Å². The molecule has 0 unspecified atom stereocenters. The van der Waals surface area contributed by atoms with Gasteiger partial charge >= 0.3 is 0 Å². The Kier molecular flexibility index (Phi) is 3.80. The molecule has 0 saturated carbocycles. The average Bonchev–Trinajstić information content (AvgIpc) is 2.74. The molecule has 1 aromatic heterocycles. The van der Waals surface area contributed by atoms with Crippen molar-refractivity contribution < 1.29 is 0 Å². The Hall–Kier alpha value is -0.620. The summed E-state index contributed by atoms with van der Waals surface area (Å²) in [5.41, 5.74) is 1.93. The number of nitrogens with zero attached hydrogens (tertiary/aromatic N) is 1. The van der Waals surface area contributed by atoms with Gasteiger partial charge in [0.2, 0.25) is 0 Å². The monoisotopic (exact) mass is 416 g/mol. The van der Waals surface area contributed by atoms with Crippen molar-refractivity contribution in [2.45, 2.75) is 0 Å². The van der Waals surface area contributed by atoms with Crippen LogP contribution < -0.4 is 5.32 Å². The van der Waals surface area contributed by atoms with Crippen LogP contribution >= 0.6 is 54.8 Å². The first-order valence-corrected chi connectivity index (χ1v) is 8.18. The number of aromatic nitrogens is 1. The van der Waals surface area contributed by atoms with E-state index in [9.17, 15) is 0 Å². The summed E-state index contributed by atoms with van der Waals surface area (Å²) in [7, 11) is 0. The topological polar surface area (TPSA) is 24.9 Å². The van der Waals surface area contributed by atoms with Crippen LogP contribution in [-0.4, -0.2) is 4.98 Å². The van der Waals surface area contributed by atoms with E-state index < -0.39 is 0 Å². The van der Waals surface area contributed by atoms with Crippen LogP contribution in [-0.2, 0) is 0 Å². The minimum absolute atomic E-state index is 0.729. The minimum atomic E-state index is 0.729. The molecular formula is C13H7Br2ClN2S. The maximum absolute atomic E-state index is 5.98. The lowest BCUT2D eigenvalue weighted by atomic mass is 10.3. The summed E-state index contributed by atoms with van der Waals surface area (Å²) in [6.07, 6.45) is 0. The van der Waals surface area contributed by atoms with Gasteiger partial charge in [-0.2, -0.15) is 0 Å². The van der Waals surface area contributed by atoms with Crippen molar-refractivity contribution in [1.29, 1.82) is 0 Å². The fourth-order valence-electron chi connectivity index (χ4n) is 1.66. The number of halogens is 3.